The van der Waals surface area contributed by atoms with Crippen molar-refractivity contribution in [3.8, 4) is 0 Å². The quantitative estimate of drug-likeness (QED) is 0.591. The zero-order chi connectivity index (χ0) is 22.1. The topological polar surface area (TPSA) is 92.5 Å². The number of imidazole rings is 1. The Kier molecular flexibility index (Phi) is 6.28. The van der Waals surface area contributed by atoms with Gasteiger partial charge in [-0.2, -0.15) is 4.31 Å². The van der Waals surface area contributed by atoms with Gasteiger partial charge < -0.3 is 9.67 Å². The van der Waals surface area contributed by atoms with Gasteiger partial charge in [-0.1, -0.05) is 38.1 Å². The van der Waals surface area contributed by atoms with Crippen molar-refractivity contribution in [3.05, 3.63) is 59.9 Å². The van der Waals surface area contributed by atoms with Crippen molar-refractivity contribution in [3.63, 3.8) is 0 Å². The molecule has 0 aliphatic rings. The molecule has 1 atom stereocenters. The van der Waals surface area contributed by atoms with Crippen molar-refractivity contribution in [1.82, 2.24) is 13.9 Å². The van der Waals surface area contributed by atoms with E-state index in [0.717, 1.165) is 26.7 Å². The van der Waals surface area contributed by atoms with Gasteiger partial charge in [0.1, 0.15) is 11.9 Å². The van der Waals surface area contributed by atoms with Gasteiger partial charge in [0.25, 0.3) is 0 Å². The Bertz CT molecular complexity index is 1150. The summed E-state index contributed by atoms with van der Waals surface area (Å²) in [6, 6.07) is 13.3. The fraction of sp³-hybridized carbons (Fsp3) is 0.364. The van der Waals surface area contributed by atoms with Crippen LogP contribution >= 0.6 is 0 Å². The number of aromatic nitrogens is 2. The average molecular weight is 430 g/mol. The Morgan fingerprint density at radius 1 is 1.13 bits per heavy atom. The molecule has 0 amide bonds. The Morgan fingerprint density at radius 2 is 1.77 bits per heavy atom. The smallest absolute Gasteiger partial charge is 0.322 e. The van der Waals surface area contributed by atoms with E-state index in [-0.39, 0.29) is 17.2 Å². The molecular weight excluding hydrogens is 402 g/mol. The van der Waals surface area contributed by atoms with Crippen LogP contribution in [0.4, 0.5) is 0 Å². The summed E-state index contributed by atoms with van der Waals surface area (Å²) in [6.07, 6.45) is 0.246. The third-order valence-corrected chi connectivity index (χ3v) is 7.09. The number of hydrogen-bond acceptors (Lipinski definition) is 4. The number of carboxylic acids is 1. The van der Waals surface area contributed by atoms with Crippen LogP contribution in [0, 0.1) is 12.8 Å². The van der Waals surface area contributed by atoms with Crippen LogP contribution in [0.25, 0.3) is 11.0 Å². The number of sulfonamides is 1. The normalized spacial score (nSPS) is 13.3. The minimum absolute atomic E-state index is 0.0550. The Labute approximate surface area is 177 Å². The molecular formula is C22H27N3O4S. The molecule has 1 N–H and O–H groups in total. The molecule has 0 fully saturated rings. The minimum atomic E-state index is -3.92. The van der Waals surface area contributed by atoms with Gasteiger partial charge in [0.05, 0.1) is 15.9 Å². The number of benzene rings is 2. The van der Waals surface area contributed by atoms with E-state index in [0.29, 0.717) is 6.54 Å². The van der Waals surface area contributed by atoms with Gasteiger partial charge in [0, 0.05) is 13.6 Å². The number of carbonyl (C=O) groups is 1. The summed E-state index contributed by atoms with van der Waals surface area (Å²) in [4.78, 5) is 16.2. The molecule has 1 aromatic heterocycles. The summed E-state index contributed by atoms with van der Waals surface area (Å²) in [7, 11) is -2.59. The van der Waals surface area contributed by atoms with E-state index in [1.807, 2.05) is 45.0 Å². The molecule has 1 heterocycles. The average Bonchev–Trinajstić information content (AvgIpc) is 3.01. The monoisotopic (exact) mass is 429 g/mol. The summed E-state index contributed by atoms with van der Waals surface area (Å²) < 4.78 is 29.0. The second-order valence-electron chi connectivity index (χ2n) is 7.88. The lowest BCUT2D eigenvalue weighted by Gasteiger charge is -2.25. The highest BCUT2D eigenvalue weighted by Crippen LogP contribution is 2.22. The maximum Gasteiger partial charge on any atom is 0.322 e. The van der Waals surface area contributed by atoms with Crippen LogP contribution in [0.2, 0.25) is 0 Å². The Hall–Kier alpha value is -2.71. The third-order valence-electron chi connectivity index (χ3n) is 5.21. The van der Waals surface area contributed by atoms with E-state index in [2.05, 4.69) is 9.55 Å². The van der Waals surface area contributed by atoms with Crippen LogP contribution in [-0.2, 0) is 21.4 Å². The number of carboxylic acid groups (broad SMARTS) is 1. The molecule has 0 saturated heterocycles. The van der Waals surface area contributed by atoms with Crippen LogP contribution in [0.3, 0.4) is 0 Å². The lowest BCUT2D eigenvalue weighted by atomic mass is 10.0. The maximum atomic E-state index is 13.0. The van der Waals surface area contributed by atoms with Crippen LogP contribution in [-0.4, -0.2) is 46.4 Å². The summed E-state index contributed by atoms with van der Waals surface area (Å²) >= 11 is 0. The highest BCUT2D eigenvalue weighted by molar-refractivity contribution is 7.89. The molecule has 0 saturated carbocycles. The molecule has 160 valence electrons. The minimum Gasteiger partial charge on any atom is -0.480 e. The van der Waals surface area contributed by atoms with Gasteiger partial charge in [-0.05, 0) is 49.1 Å². The van der Waals surface area contributed by atoms with Gasteiger partial charge >= 0.3 is 5.97 Å². The highest BCUT2D eigenvalue weighted by atomic mass is 32.2. The summed E-state index contributed by atoms with van der Waals surface area (Å²) in [5, 5.41) is 9.49. The fourth-order valence-electron chi connectivity index (χ4n) is 3.53. The molecule has 0 unspecified atom stereocenters. The van der Waals surface area contributed by atoms with Crippen molar-refractivity contribution >= 4 is 27.0 Å². The Morgan fingerprint density at radius 3 is 2.37 bits per heavy atom. The van der Waals surface area contributed by atoms with E-state index in [9.17, 15) is 18.3 Å². The zero-order valence-corrected chi connectivity index (χ0v) is 18.4. The second kappa shape index (κ2) is 8.57. The van der Waals surface area contributed by atoms with E-state index in [1.54, 1.807) is 12.1 Å². The van der Waals surface area contributed by atoms with Gasteiger partial charge in [-0.3, -0.25) is 4.79 Å². The largest absolute Gasteiger partial charge is 0.480 e. The maximum absolute atomic E-state index is 13.0. The van der Waals surface area contributed by atoms with E-state index in [4.69, 9.17) is 0 Å². The summed E-state index contributed by atoms with van der Waals surface area (Å²) in [5.74, 6) is -0.209. The SMILES string of the molecule is Cc1nc2ccccc2n1Cc1ccc(S(=O)(=O)N(C)[C@@H](CC(C)C)C(=O)O)cc1. The predicted octanol–water partition coefficient (Wildman–Crippen LogP) is 3.51. The van der Waals surface area contributed by atoms with Gasteiger partial charge in [0.2, 0.25) is 10.0 Å². The molecule has 8 heteroatoms. The standard InChI is InChI=1S/C22H27N3O4S/c1-15(2)13-21(22(26)27)24(4)30(28,29)18-11-9-17(10-12-18)14-25-16(3)23-19-7-5-6-8-20(19)25/h5-12,15,21H,13-14H2,1-4H3,(H,26,27)/t21-/m0/s1. The molecule has 2 aromatic carbocycles. The molecule has 0 aliphatic carbocycles. The summed E-state index contributed by atoms with van der Waals surface area (Å²) in [5.41, 5.74) is 2.87. The summed E-state index contributed by atoms with van der Waals surface area (Å²) in [6.45, 7) is 6.24. The Balaban J connectivity index is 1.85. The highest BCUT2D eigenvalue weighted by Gasteiger charge is 2.33. The number of aryl methyl sites for hydroxylation is 1. The number of hydrogen-bond donors (Lipinski definition) is 1. The third kappa shape index (κ3) is 4.39. The van der Waals surface area contributed by atoms with Crippen molar-refractivity contribution in [2.45, 2.75) is 44.7 Å². The van der Waals surface area contributed by atoms with Crippen LogP contribution in [0.1, 0.15) is 31.7 Å². The molecule has 0 radical (unpaired) electrons. The molecule has 7 nitrogen and oxygen atoms in total. The molecule has 0 aliphatic heterocycles. The first-order valence-corrected chi connectivity index (χ1v) is 11.3. The first-order chi connectivity index (χ1) is 14.1. The molecule has 3 rings (SSSR count). The number of fused-ring (bicyclic) bond motifs is 1. The van der Waals surface area contributed by atoms with Crippen LogP contribution in [0.5, 0.6) is 0 Å². The van der Waals surface area contributed by atoms with Crippen molar-refractivity contribution in [1.29, 1.82) is 0 Å². The fourth-order valence-corrected chi connectivity index (χ4v) is 4.85. The first kappa shape index (κ1) is 22.0. The molecule has 0 spiro atoms. The lowest BCUT2D eigenvalue weighted by Crippen LogP contribution is -2.43. The van der Waals surface area contributed by atoms with Gasteiger partial charge in [-0.15, -0.1) is 0 Å². The number of para-hydroxylation sites is 2. The number of aliphatic carboxylic acids is 1. The lowest BCUT2D eigenvalue weighted by molar-refractivity contribution is -0.141. The van der Waals surface area contributed by atoms with Gasteiger partial charge in [-0.25, -0.2) is 13.4 Å². The predicted molar refractivity (Wildman–Crippen MR) is 116 cm³/mol. The van der Waals surface area contributed by atoms with E-state index in [1.165, 1.54) is 19.2 Å². The van der Waals surface area contributed by atoms with Crippen molar-refractivity contribution < 1.29 is 18.3 Å². The zero-order valence-electron chi connectivity index (χ0n) is 17.6. The first-order valence-electron chi connectivity index (χ1n) is 9.83. The van der Waals surface area contributed by atoms with Crippen molar-refractivity contribution in [2.24, 2.45) is 5.92 Å². The van der Waals surface area contributed by atoms with E-state index < -0.39 is 22.0 Å². The number of likely N-dealkylation sites (N-methyl/N-ethyl adjacent to an activating group) is 1. The van der Waals surface area contributed by atoms with E-state index >= 15 is 0 Å². The molecule has 30 heavy (non-hydrogen) atoms. The van der Waals surface area contributed by atoms with Crippen molar-refractivity contribution in [2.75, 3.05) is 7.05 Å². The number of rotatable bonds is 8. The second-order valence-corrected chi connectivity index (χ2v) is 9.88. The van der Waals surface area contributed by atoms with Crippen LogP contribution in [0.15, 0.2) is 53.4 Å². The molecule has 0 bridgehead atoms. The molecule has 3 aromatic rings. The number of nitrogens with zero attached hydrogens (tertiary/aromatic N) is 3. The van der Waals surface area contributed by atoms with Crippen LogP contribution < -0.4 is 0 Å². The van der Waals surface area contributed by atoms with Gasteiger partial charge in [0.15, 0.2) is 0 Å².